The number of aromatic nitrogens is 2. The zero-order chi connectivity index (χ0) is 24.5. The molecule has 7 heteroatoms. The highest BCUT2D eigenvalue weighted by molar-refractivity contribution is 5.92. The minimum atomic E-state index is 0.00128. The molecule has 0 spiro atoms. The van der Waals surface area contributed by atoms with Crippen molar-refractivity contribution in [3.63, 3.8) is 0 Å². The highest BCUT2D eigenvalue weighted by Gasteiger charge is 2.31. The van der Waals surface area contributed by atoms with Gasteiger partial charge in [0.1, 0.15) is 11.9 Å². The summed E-state index contributed by atoms with van der Waals surface area (Å²) < 4.78 is 2.18. The molecule has 0 bridgehead atoms. The number of anilines is 1. The number of carbonyl (C=O) groups is 1. The van der Waals surface area contributed by atoms with E-state index >= 15 is 0 Å². The van der Waals surface area contributed by atoms with Crippen molar-refractivity contribution in [2.45, 2.75) is 26.3 Å². The molecule has 0 unspecified atom stereocenters. The summed E-state index contributed by atoms with van der Waals surface area (Å²) in [5, 5.41) is 13.0. The fourth-order valence-corrected chi connectivity index (χ4v) is 5.25. The third-order valence-electron chi connectivity index (χ3n) is 7.07. The van der Waals surface area contributed by atoms with Gasteiger partial charge in [-0.15, -0.1) is 0 Å². The van der Waals surface area contributed by atoms with Crippen LogP contribution in [0, 0.1) is 18.3 Å². The Morgan fingerprint density at radius 3 is 2.69 bits per heavy atom. The number of carbonyl (C=O) groups excluding carboxylic acids is 1. The summed E-state index contributed by atoms with van der Waals surface area (Å²) in [6.07, 6.45) is 1.03. The lowest BCUT2D eigenvalue weighted by Gasteiger charge is -2.28. The second-order valence-electron chi connectivity index (χ2n) is 9.29. The molecule has 1 aliphatic rings. The fraction of sp³-hybridized carbons (Fsp3) is 0.321. The molecule has 1 amide bonds. The van der Waals surface area contributed by atoms with Gasteiger partial charge in [-0.3, -0.25) is 14.1 Å². The van der Waals surface area contributed by atoms with Crippen molar-refractivity contribution in [2.24, 2.45) is 0 Å². The summed E-state index contributed by atoms with van der Waals surface area (Å²) in [4.78, 5) is 20.9. The molecule has 4 aromatic rings. The van der Waals surface area contributed by atoms with Crippen LogP contribution in [0.4, 0.5) is 5.82 Å². The van der Waals surface area contributed by atoms with Gasteiger partial charge >= 0.3 is 0 Å². The number of pyridine rings is 1. The monoisotopic (exact) mass is 466 g/mol. The molecule has 35 heavy (non-hydrogen) atoms. The highest BCUT2D eigenvalue weighted by Crippen LogP contribution is 2.40. The first-order chi connectivity index (χ1) is 17.0. The third kappa shape index (κ3) is 4.11. The smallest absolute Gasteiger partial charge is 0.216 e. The second kappa shape index (κ2) is 9.40. The largest absolute Gasteiger partial charge is 0.356 e. The topological polar surface area (TPSA) is 76.7 Å². The molecular weight excluding hydrogens is 436 g/mol. The molecule has 7 nitrogen and oxygen atoms in total. The normalized spacial score (nSPS) is 15.7. The van der Waals surface area contributed by atoms with Crippen LogP contribution in [0.3, 0.4) is 0 Å². The number of nitriles is 1. The number of imidazole rings is 1. The first-order valence-electron chi connectivity index (χ1n) is 12.1. The van der Waals surface area contributed by atoms with E-state index in [4.69, 9.17) is 4.98 Å². The molecule has 1 N–H and O–H groups in total. The summed E-state index contributed by atoms with van der Waals surface area (Å²) in [6, 6.07) is 21.3. The van der Waals surface area contributed by atoms with Gasteiger partial charge in [0.25, 0.3) is 0 Å². The zero-order valence-corrected chi connectivity index (χ0v) is 20.5. The zero-order valence-electron chi connectivity index (χ0n) is 20.5. The molecule has 0 saturated carbocycles. The van der Waals surface area contributed by atoms with Crippen LogP contribution in [0.2, 0.25) is 0 Å². The van der Waals surface area contributed by atoms with Gasteiger partial charge in [0.05, 0.1) is 16.6 Å². The van der Waals surface area contributed by atoms with E-state index in [0.717, 1.165) is 59.6 Å². The van der Waals surface area contributed by atoms with Gasteiger partial charge in [0, 0.05) is 44.7 Å². The number of fused-ring (bicyclic) bond motifs is 3. The molecule has 178 valence electrons. The summed E-state index contributed by atoms with van der Waals surface area (Å²) in [7, 11) is 2.13. The minimum Gasteiger partial charge on any atom is -0.356 e. The Balaban J connectivity index is 1.66. The number of para-hydroxylation sites is 2. The predicted molar refractivity (Wildman–Crippen MR) is 140 cm³/mol. The lowest BCUT2D eigenvalue weighted by atomic mass is 9.97. The van der Waals surface area contributed by atoms with E-state index in [-0.39, 0.29) is 5.91 Å². The predicted octanol–water partition coefficient (Wildman–Crippen LogP) is 3.98. The number of nitrogens with zero attached hydrogens (tertiary/aromatic N) is 5. The minimum absolute atomic E-state index is 0.00128. The van der Waals surface area contributed by atoms with Crippen LogP contribution in [0.5, 0.6) is 0 Å². The first-order valence-corrected chi connectivity index (χ1v) is 12.1. The average molecular weight is 467 g/mol. The molecule has 2 aromatic carbocycles. The number of nitrogens with one attached hydrogen (secondary N) is 1. The summed E-state index contributed by atoms with van der Waals surface area (Å²) in [6.45, 7) is 6.81. The van der Waals surface area contributed by atoms with Crippen LogP contribution >= 0.6 is 0 Å². The first kappa shape index (κ1) is 22.9. The van der Waals surface area contributed by atoms with Crippen LogP contribution < -0.4 is 10.2 Å². The number of benzene rings is 2. The lowest BCUT2D eigenvalue weighted by Crippen LogP contribution is -2.39. The molecule has 1 aliphatic heterocycles. The number of hydrogen-bond donors (Lipinski definition) is 1. The number of rotatable bonds is 6. The van der Waals surface area contributed by atoms with Crippen molar-refractivity contribution in [3.8, 4) is 17.2 Å². The molecular formula is C28H30N6O. The SMILES string of the molecule is CC(=O)NCCN(C)[C@H]1CCN(c2c(-c3ccccc3)c(C)c(C#N)c3nc4ccccc4n23)C1. The van der Waals surface area contributed by atoms with Crippen LogP contribution in [-0.2, 0) is 4.79 Å². The van der Waals surface area contributed by atoms with Gasteiger partial charge in [0.15, 0.2) is 5.65 Å². The molecule has 0 aliphatic carbocycles. The molecule has 0 radical (unpaired) electrons. The van der Waals surface area contributed by atoms with E-state index in [1.54, 1.807) is 6.92 Å². The van der Waals surface area contributed by atoms with E-state index in [9.17, 15) is 10.1 Å². The van der Waals surface area contributed by atoms with Gasteiger partial charge in [-0.2, -0.15) is 5.26 Å². The summed E-state index contributed by atoms with van der Waals surface area (Å²) in [5.41, 5.74) is 6.36. The Kier molecular flexibility index (Phi) is 6.14. The van der Waals surface area contributed by atoms with E-state index in [0.29, 0.717) is 23.8 Å². The van der Waals surface area contributed by atoms with Gasteiger partial charge in [-0.05, 0) is 43.7 Å². The van der Waals surface area contributed by atoms with E-state index in [2.05, 4.69) is 50.8 Å². The van der Waals surface area contributed by atoms with Gasteiger partial charge in [0.2, 0.25) is 5.91 Å². The quantitative estimate of drug-likeness (QED) is 0.465. The van der Waals surface area contributed by atoms with Gasteiger partial charge in [-0.25, -0.2) is 4.98 Å². The highest BCUT2D eigenvalue weighted by atomic mass is 16.1. The van der Waals surface area contributed by atoms with Crippen LogP contribution in [0.1, 0.15) is 24.5 Å². The van der Waals surface area contributed by atoms with E-state index in [1.165, 1.54) is 0 Å². The summed E-state index contributed by atoms with van der Waals surface area (Å²) >= 11 is 0. The Labute approximate surface area is 205 Å². The van der Waals surface area contributed by atoms with Crippen molar-refractivity contribution < 1.29 is 4.79 Å². The van der Waals surface area contributed by atoms with Gasteiger partial charge < -0.3 is 10.2 Å². The van der Waals surface area contributed by atoms with Crippen molar-refractivity contribution in [1.29, 1.82) is 5.26 Å². The number of likely N-dealkylation sites (N-methyl/N-ethyl adjacent to an activating group) is 1. The van der Waals surface area contributed by atoms with Crippen molar-refractivity contribution in [2.75, 3.05) is 38.1 Å². The van der Waals surface area contributed by atoms with Crippen molar-refractivity contribution in [3.05, 3.63) is 65.7 Å². The van der Waals surface area contributed by atoms with Crippen LogP contribution in [0.15, 0.2) is 54.6 Å². The Morgan fingerprint density at radius 1 is 1.20 bits per heavy atom. The fourth-order valence-electron chi connectivity index (χ4n) is 5.25. The third-order valence-corrected chi connectivity index (χ3v) is 7.07. The maximum atomic E-state index is 11.3. The molecule has 2 aromatic heterocycles. The lowest BCUT2D eigenvalue weighted by molar-refractivity contribution is -0.119. The maximum absolute atomic E-state index is 11.3. The van der Waals surface area contributed by atoms with Crippen molar-refractivity contribution in [1.82, 2.24) is 19.6 Å². The maximum Gasteiger partial charge on any atom is 0.216 e. The molecule has 1 fully saturated rings. The molecule has 3 heterocycles. The summed E-state index contributed by atoms with van der Waals surface area (Å²) in [5.74, 6) is 1.09. The second-order valence-corrected chi connectivity index (χ2v) is 9.29. The van der Waals surface area contributed by atoms with E-state index < -0.39 is 0 Å². The average Bonchev–Trinajstić information content (AvgIpc) is 3.49. The molecule has 1 atom stereocenters. The standard InChI is InChI=1S/C28H30N6O/c1-19-23(17-29)27-31-24-11-7-8-12-25(24)34(27)28(26(19)21-9-5-4-6-10-21)33-15-13-22(18-33)32(3)16-14-30-20(2)35/h4-12,22H,13-16,18H2,1-3H3,(H,30,35)/t22-/m0/s1. The number of hydrogen-bond acceptors (Lipinski definition) is 5. The molecule has 5 rings (SSSR count). The Morgan fingerprint density at radius 2 is 1.94 bits per heavy atom. The number of amides is 1. The van der Waals surface area contributed by atoms with Gasteiger partial charge in [-0.1, -0.05) is 42.5 Å². The van der Waals surface area contributed by atoms with Crippen LogP contribution in [-0.4, -0.2) is 59.5 Å². The van der Waals surface area contributed by atoms with Crippen molar-refractivity contribution >= 4 is 28.4 Å². The Hall–Kier alpha value is -3.89. The van der Waals surface area contributed by atoms with E-state index in [1.807, 2.05) is 43.3 Å². The molecule has 1 saturated heterocycles. The Bertz CT molecular complexity index is 1440. The van der Waals surface area contributed by atoms with Crippen LogP contribution in [0.25, 0.3) is 27.8 Å².